The van der Waals surface area contributed by atoms with Crippen LogP contribution in [0.3, 0.4) is 0 Å². The Hall–Kier alpha value is -1.02. The lowest BCUT2D eigenvalue weighted by molar-refractivity contribution is -0.156. The van der Waals surface area contributed by atoms with Crippen LogP contribution in [0.4, 0.5) is 0 Å². The molecule has 1 aliphatic rings. The second kappa shape index (κ2) is 9.20. The number of aliphatic hydroxyl groups is 2. The van der Waals surface area contributed by atoms with Crippen LogP contribution in [-0.2, 0) is 9.47 Å². The molecule has 0 aromatic heterocycles. The third-order valence-corrected chi connectivity index (χ3v) is 7.21. The minimum atomic E-state index is -0.994. The van der Waals surface area contributed by atoms with E-state index in [-0.39, 0.29) is 17.3 Å². The van der Waals surface area contributed by atoms with Crippen molar-refractivity contribution in [3.05, 3.63) is 59.7 Å². The van der Waals surface area contributed by atoms with Crippen molar-refractivity contribution < 1.29 is 19.7 Å². The molecule has 1 aliphatic heterocycles. The van der Waals surface area contributed by atoms with E-state index in [2.05, 4.69) is 62.4 Å². The van der Waals surface area contributed by atoms with Gasteiger partial charge in [-0.2, -0.15) is 0 Å². The Morgan fingerprint density at radius 2 is 1.29 bits per heavy atom. The van der Waals surface area contributed by atoms with E-state index >= 15 is 0 Å². The normalized spacial score (nSPS) is 22.5. The predicted octanol–water partition coefficient (Wildman–Crippen LogP) is 4.39. The zero-order valence-electron chi connectivity index (χ0n) is 16.7. The van der Waals surface area contributed by atoms with Crippen molar-refractivity contribution in [2.45, 2.75) is 66.2 Å². The Morgan fingerprint density at radius 3 is 1.71 bits per heavy atom. The van der Waals surface area contributed by atoms with Gasteiger partial charge in [-0.25, -0.2) is 0 Å². The predicted molar refractivity (Wildman–Crippen MR) is 115 cm³/mol. The Bertz CT molecular complexity index is 714. The standard InChI is InChI=1S/C22H28O4S2/c1-14-5-9-16(10-6-14)27-21(28-17-11-7-15(2)8-12-17)20-19(18(24)13-23)25-22(3,4)26-20/h5-12,18-21,23-24H,13H2,1-4H3/t18-,19-,20+/m0/s1. The number of ether oxygens (including phenoxy) is 2. The first-order chi connectivity index (χ1) is 13.3. The van der Waals surface area contributed by atoms with Crippen LogP contribution in [0, 0.1) is 13.8 Å². The average Bonchev–Trinajstić information content (AvgIpc) is 2.99. The van der Waals surface area contributed by atoms with Gasteiger partial charge in [0.25, 0.3) is 0 Å². The van der Waals surface area contributed by atoms with Gasteiger partial charge in [-0.3, -0.25) is 0 Å². The summed E-state index contributed by atoms with van der Waals surface area (Å²) in [4.78, 5) is 2.25. The summed E-state index contributed by atoms with van der Waals surface area (Å²) < 4.78 is 12.1. The number of hydrogen-bond acceptors (Lipinski definition) is 6. The Kier molecular flexibility index (Phi) is 7.12. The zero-order valence-corrected chi connectivity index (χ0v) is 18.3. The van der Waals surface area contributed by atoms with Gasteiger partial charge in [0.2, 0.25) is 0 Å². The molecule has 0 aliphatic carbocycles. The SMILES string of the molecule is Cc1ccc(SC(Sc2ccc(C)cc2)[C@@H]2OC(C)(C)O[C@H]2[C@@H](O)CO)cc1. The fraction of sp³-hybridized carbons (Fsp3) is 0.455. The molecule has 152 valence electrons. The monoisotopic (exact) mass is 420 g/mol. The molecule has 0 amide bonds. The third kappa shape index (κ3) is 5.53. The molecule has 4 nitrogen and oxygen atoms in total. The van der Waals surface area contributed by atoms with Crippen LogP contribution in [0.1, 0.15) is 25.0 Å². The van der Waals surface area contributed by atoms with E-state index in [0.29, 0.717) is 0 Å². The number of aliphatic hydroxyl groups excluding tert-OH is 2. The van der Waals surface area contributed by atoms with Crippen molar-refractivity contribution in [3.63, 3.8) is 0 Å². The fourth-order valence-corrected chi connectivity index (χ4v) is 5.76. The molecule has 28 heavy (non-hydrogen) atoms. The topological polar surface area (TPSA) is 58.9 Å². The van der Waals surface area contributed by atoms with Crippen molar-refractivity contribution in [1.29, 1.82) is 0 Å². The number of aryl methyl sites for hydroxylation is 2. The molecule has 3 rings (SSSR count). The minimum Gasteiger partial charge on any atom is -0.394 e. The minimum absolute atomic E-state index is 0.0570. The summed E-state index contributed by atoms with van der Waals surface area (Å²) in [5, 5.41) is 19.8. The maximum absolute atomic E-state index is 10.3. The molecule has 1 heterocycles. The summed E-state index contributed by atoms with van der Waals surface area (Å²) in [5.74, 6) is -0.814. The smallest absolute Gasteiger partial charge is 0.163 e. The van der Waals surface area contributed by atoms with Crippen LogP contribution >= 0.6 is 23.5 Å². The number of thioether (sulfide) groups is 2. The van der Waals surface area contributed by atoms with Crippen molar-refractivity contribution >= 4 is 23.5 Å². The van der Waals surface area contributed by atoms with Crippen molar-refractivity contribution in [1.82, 2.24) is 0 Å². The summed E-state index contributed by atoms with van der Waals surface area (Å²) in [5.41, 5.74) is 2.42. The first kappa shape index (κ1) is 21.7. The fourth-order valence-electron chi connectivity index (χ4n) is 3.09. The van der Waals surface area contributed by atoms with Gasteiger partial charge in [-0.1, -0.05) is 35.4 Å². The average molecular weight is 421 g/mol. The van der Waals surface area contributed by atoms with Gasteiger partial charge >= 0.3 is 0 Å². The van der Waals surface area contributed by atoms with E-state index in [1.165, 1.54) is 11.1 Å². The van der Waals surface area contributed by atoms with Gasteiger partial charge in [0.05, 0.1) is 11.2 Å². The summed E-state index contributed by atoms with van der Waals surface area (Å²) in [6.45, 7) is 7.45. The van der Waals surface area contributed by atoms with E-state index in [4.69, 9.17) is 9.47 Å². The van der Waals surface area contributed by atoms with Gasteiger partial charge < -0.3 is 19.7 Å². The molecule has 2 aromatic rings. The molecule has 1 saturated heterocycles. The maximum atomic E-state index is 10.3. The van der Waals surface area contributed by atoms with Crippen LogP contribution in [0.15, 0.2) is 58.3 Å². The van der Waals surface area contributed by atoms with Crippen LogP contribution < -0.4 is 0 Å². The summed E-state index contributed by atoms with van der Waals surface area (Å²) in [7, 11) is 0. The molecule has 1 fully saturated rings. The number of rotatable bonds is 7. The lowest BCUT2D eigenvalue weighted by Crippen LogP contribution is -2.41. The molecule has 2 aromatic carbocycles. The second-order valence-corrected chi connectivity index (χ2v) is 10.3. The number of benzene rings is 2. The van der Waals surface area contributed by atoms with Gasteiger partial charge in [0.15, 0.2) is 5.79 Å². The van der Waals surface area contributed by atoms with Crippen LogP contribution in [0.2, 0.25) is 0 Å². The summed E-state index contributed by atoms with van der Waals surface area (Å²) in [6.07, 6.45) is -1.97. The van der Waals surface area contributed by atoms with Crippen LogP contribution in [0.5, 0.6) is 0 Å². The molecule has 2 N–H and O–H groups in total. The highest BCUT2D eigenvalue weighted by Gasteiger charge is 2.48. The maximum Gasteiger partial charge on any atom is 0.163 e. The van der Waals surface area contributed by atoms with Gasteiger partial charge in [-0.05, 0) is 52.0 Å². The quantitative estimate of drug-likeness (QED) is 0.512. The van der Waals surface area contributed by atoms with E-state index in [1.807, 2.05) is 13.8 Å². The lowest BCUT2D eigenvalue weighted by Gasteiger charge is -2.27. The Balaban J connectivity index is 1.89. The van der Waals surface area contributed by atoms with E-state index in [1.54, 1.807) is 23.5 Å². The van der Waals surface area contributed by atoms with Crippen LogP contribution in [0.25, 0.3) is 0 Å². The molecular weight excluding hydrogens is 392 g/mol. The van der Waals surface area contributed by atoms with E-state index in [9.17, 15) is 10.2 Å². The highest BCUT2D eigenvalue weighted by Crippen LogP contribution is 2.44. The molecular formula is C22H28O4S2. The van der Waals surface area contributed by atoms with E-state index < -0.39 is 18.0 Å². The Morgan fingerprint density at radius 1 is 0.857 bits per heavy atom. The molecule has 0 radical (unpaired) electrons. The number of hydrogen-bond donors (Lipinski definition) is 2. The van der Waals surface area contributed by atoms with Crippen molar-refractivity contribution in [2.75, 3.05) is 6.61 Å². The largest absolute Gasteiger partial charge is 0.394 e. The van der Waals surface area contributed by atoms with E-state index in [0.717, 1.165) is 9.79 Å². The first-order valence-corrected chi connectivity index (χ1v) is 11.1. The lowest BCUT2D eigenvalue weighted by atomic mass is 10.1. The third-order valence-electron chi connectivity index (χ3n) is 4.54. The van der Waals surface area contributed by atoms with Crippen molar-refractivity contribution in [2.24, 2.45) is 0 Å². The van der Waals surface area contributed by atoms with Gasteiger partial charge in [-0.15, -0.1) is 23.5 Å². The molecule has 3 atom stereocenters. The molecule has 0 bridgehead atoms. The second-order valence-electron chi connectivity index (χ2n) is 7.54. The van der Waals surface area contributed by atoms with Gasteiger partial charge in [0.1, 0.15) is 18.3 Å². The molecule has 6 heteroatoms. The molecule has 0 spiro atoms. The molecule has 0 saturated carbocycles. The zero-order chi connectivity index (χ0) is 20.3. The summed E-state index contributed by atoms with van der Waals surface area (Å²) in [6, 6.07) is 16.8. The Labute approximate surface area is 175 Å². The van der Waals surface area contributed by atoms with Crippen molar-refractivity contribution in [3.8, 4) is 0 Å². The summed E-state index contributed by atoms with van der Waals surface area (Å²) >= 11 is 3.38. The molecule has 0 unspecified atom stereocenters. The highest BCUT2D eigenvalue weighted by atomic mass is 32.2. The van der Waals surface area contributed by atoms with Gasteiger partial charge in [0, 0.05) is 9.79 Å². The highest BCUT2D eigenvalue weighted by molar-refractivity contribution is 8.17. The first-order valence-electron chi connectivity index (χ1n) is 9.38. The van der Waals surface area contributed by atoms with Crippen LogP contribution in [-0.4, -0.2) is 45.5 Å².